The second-order valence-electron chi connectivity index (χ2n) is 4.74. The van der Waals surface area contributed by atoms with Gasteiger partial charge < -0.3 is 10.1 Å². The van der Waals surface area contributed by atoms with Crippen LogP contribution < -0.4 is 15.0 Å². The molecule has 1 aromatic carbocycles. The zero-order valence-electron chi connectivity index (χ0n) is 13.2. The Morgan fingerprint density at radius 2 is 2.21 bits per heavy atom. The van der Waals surface area contributed by atoms with Crippen molar-refractivity contribution >= 4 is 29.3 Å². The summed E-state index contributed by atoms with van der Waals surface area (Å²) in [7, 11) is 0. The van der Waals surface area contributed by atoms with E-state index in [4.69, 9.17) is 4.74 Å². The molecule has 7 heteroatoms. The van der Waals surface area contributed by atoms with Gasteiger partial charge in [-0.2, -0.15) is 5.26 Å². The summed E-state index contributed by atoms with van der Waals surface area (Å²) in [6.07, 6.45) is 1.52. The molecular formula is C17H17N3O3S. The number of anilines is 1. The Morgan fingerprint density at radius 1 is 1.50 bits per heavy atom. The Balaban J connectivity index is 2.36. The van der Waals surface area contributed by atoms with Crippen LogP contribution in [0, 0.1) is 11.3 Å². The highest BCUT2D eigenvalue weighted by molar-refractivity contribution is 8.04. The summed E-state index contributed by atoms with van der Waals surface area (Å²) < 4.78 is 5.38. The van der Waals surface area contributed by atoms with Crippen molar-refractivity contribution in [1.82, 2.24) is 5.32 Å². The molecule has 0 bridgehead atoms. The van der Waals surface area contributed by atoms with Crippen LogP contribution >= 0.6 is 11.8 Å². The van der Waals surface area contributed by atoms with E-state index in [0.717, 1.165) is 0 Å². The summed E-state index contributed by atoms with van der Waals surface area (Å²) in [5.41, 5.74) is 0.509. The van der Waals surface area contributed by atoms with Gasteiger partial charge in [0.1, 0.15) is 22.4 Å². The van der Waals surface area contributed by atoms with Gasteiger partial charge in [-0.15, -0.1) is 6.58 Å². The van der Waals surface area contributed by atoms with E-state index in [1.165, 1.54) is 22.7 Å². The minimum atomic E-state index is -0.523. The number of carbonyl (C=O) groups is 2. The molecule has 1 fully saturated rings. The molecule has 24 heavy (non-hydrogen) atoms. The van der Waals surface area contributed by atoms with Crippen molar-refractivity contribution in [2.45, 2.75) is 6.92 Å². The van der Waals surface area contributed by atoms with Gasteiger partial charge in [-0.05, 0) is 31.2 Å². The number of hydrogen-bond acceptors (Lipinski definition) is 5. The van der Waals surface area contributed by atoms with Crippen molar-refractivity contribution in [2.75, 3.05) is 23.8 Å². The van der Waals surface area contributed by atoms with Crippen LogP contribution in [0.3, 0.4) is 0 Å². The number of nitriles is 1. The molecule has 0 saturated carbocycles. The van der Waals surface area contributed by atoms with Crippen LogP contribution in [0.2, 0.25) is 0 Å². The molecule has 0 aromatic heterocycles. The molecule has 0 unspecified atom stereocenters. The van der Waals surface area contributed by atoms with Gasteiger partial charge in [0, 0.05) is 12.2 Å². The van der Waals surface area contributed by atoms with Crippen molar-refractivity contribution < 1.29 is 14.3 Å². The van der Waals surface area contributed by atoms with Gasteiger partial charge in [-0.3, -0.25) is 14.5 Å². The van der Waals surface area contributed by atoms with Gasteiger partial charge in [0.15, 0.2) is 0 Å². The van der Waals surface area contributed by atoms with Crippen LogP contribution in [0.5, 0.6) is 5.75 Å². The van der Waals surface area contributed by atoms with Crippen molar-refractivity contribution in [2.24, 2.45) is 0 Å². The number of nitrogens with one attached hydrogen (secondary N) is 1. The van der Waals surface area contributed by atoms with Crippen molar-refractivity contribution in [3.63, 3.8) is 0 Å². The largest absolute Gasteiger partial charge is 0.494 e. The Bertz CT molecular complexity index is 720. The number of ether oxygens (including phenoxy) is 1. The normalized spacial score (nSPS) is 15.7. The number of amides is 2. The standard InChI is InChI=1S/C17H17N3O3S/c1-3-9-19-16(22)14(10-18)17-20(15(21)11-24-17)12-5-7-13(8-6-12)23-4-2/h3,5-8H,1,4,9,11H2,2H3,(H,19,22)/b17-14-. The van der Waals surface area contributed by atoms with Gasteiger partial charge in [-0.25, -0.2) is 0 Å². The van der Waals surface area contributed by atoms with Crippen LogP contribution in [-0.2, 0) is 9.59 Å². The molecule has 1 N–H and O–H groups in total. The first-order valence-electron chi connectivity index (χ1n) is 7.34. The summed E-state index contributed by atoms with van der Waals surface area (Å²) >= 11 is 1.18. The molecule has 2 amide bonds. The molecule has 2 rings (SSSR count). The maximum atomic E-state index is 12.2. The summed E-state index contributed by atoms with van der Waals surface area (Å²) in [6, 6.07) is 8.85. The third-order valence-corrected chi connectivity index (χ3v) is 4.20. The molecule has 1 aliphatic heterocycles. The highest BCUT2D eigenvalue weighted by Gasteiger charge is 2.33. The molecule has 1 aliphatic rings. The molecule has 1 saturated heterocycles. The summed E-state index contributed by atoms with van der Waals surface area (Å²) in [5, 5.41) is 12.3. The van der Waals surface area contributed by atoms with E-state index >= 15 is 0 Å². The molecule has 0 spiro atoms. The van der Waals surface area contributed by atoms with Gasteiger partial charge in [0.05, 0.1) is 12.4 Å². The van der Waals surface area contributed by atoms with E-state index in [1.54, 1.807) is 24.3 Å². The number of hydrogen-bond donors (Lipinski definition) is 1. The summed E-state index contributed by atoms with van der Waals surface area (Å²) in [5.74, 6) is 0.173. The fourth-order valence-electron chi connectivity index (χ4n) is 2.12. The van der Waals surface area contributed by atoms with E-state index in [1.807, 2.05) is 13.0 Å². The number of nitrogens with zero attached hydrogens (tertiary/aromatic N) is 2. The Morgan fingerprint density at radius 3 is 2.79 bits per heavy atom. The number of thioether (sulfide) groups is 1. The number of carbonyl (C=O) groups excluding carboxylic acids is 2. The van der Waals surface area contributed by atoms with Crippen LogP contribution in [0.15, 0.2) is 47.5 Å². The molecule has 6 nitrogen and oxygen atoms in total. The lowest BCUT2D eigenvalue weighted by Crippen LogP contribution is -2.29. The Labute approximate surface area is 144 Å². The maximum Gasteiger partial charge on any atom is 0.264 e. The predicted molar refractivity (Wildman–Crippen MR) is 93.4 cm³/mol. The second kappa shape index (κ2) is 8.22. The van der Waals surface area contributed by atoms with Crippen molar-refractivity contribution in [3.8, 4) is 11.8 Å². The second-order valence-corrected chi connectivity index (χ2v) is 5.70. The minimum absolute atomic E-state index is 0.0819. The topological polar surface area (TPSA) is 82.4 Å². The first kappa shape index (κ1) is 17.6. The van der Waals surface area contributed by atoms with Crippen LogP contribution in [-0.4, -0.2) is 30.7 Å². The highest BCUT2D eigenvalue weighted by Crippen LogP contribution is 2.36. The average Bonchev–Trinajstić information content (AvgIpc) is 2.96. The van der Waals surface area contributed by atoms with Gasteiger partial charge in [0.25, 0.3) is 5.91 Å². The Hall–Kier alpha value is -2.72. The third-order valence-electron chi connectivity index (χ3n) is 3.15. The van der Waals surface area contributed by atoms with Gasteiger partial charge in [0.2, 0.25) is 5.91 Å². The predicted octanol–water partition coefficient (Wildman–Crippen LogP) is 2.20. The maximum absolute atomic E-state index is 12.2. The monoisotopic (exact) mass is 343 g/mol. The lowest BCUT2D eigenvalue weighted by Gasteiger charge is -2.18. The molecular weight excluding hydrogens is 326 g/mol. The van der Waals surface area contributed by atoms with E-state index in [0.29, 0.717) is 23.1 Å². The Kier molecular flexibility index (Phi) is 6.04. The van der Waals surface area contributed by atoms with E-state index in [2.05, 4.69) is 11.9 Å². The number of benzene rings is 1. The zero-order chi connectivity index (χ0) is 17.5. The van der Waals surface area contributed by atoms with Crippen molar-refractivity contribution in [1.29, 1.82) is 5.26 Å². The fraction of sp³-hybridized carbons (Fsp3) is 0.235. The van der Waals surface area contributed by atoms with Crippen molar-refractivity contribution in [3.05, 3.63) is 47.5 Å². The summed E-state index contributed by atoms with van der Waals surface area (Å²) in [4.78, 5) is 25.8. The van der Waals surface area contributed by atoms with Crippen LogP contribution in [0.4, 0.5) is 5.69 Å². The minimum Gasteiger partial charge on any atom is -0.494 e. The quantitative estimate of drug-likeness (QED) is 0.486. The van der Waals surface area contributed by atoms with Gasteiger partial charge in [-0.1, -0.05) is 17.8 Å². The van der Waals surface area contributed by atoms with E-state index in [9.17, 15) is 14.9 Å². The molecule has 1 heterocycles. The SMILES string of the molecule is C=CCNC(=O)/C(C#N)=C1\SCC(=O)N1c1ccc(OCC)cc1. The third kappa shape index (κ3) is 3.78. The van der Waals surface area contributed by atoms with Crippen LogP contribution in [0.1, 0.15) is 6.92 Å². The first-order chi connectivity index (χ1) is 11.6. The lowest BCUT2D eigenvalue weighted by atomic mass is 10.2. The molecule has 0 atom stereocenters. The summed E-state index contributed by atoms with van der Waals surface area (Å²) in [6.45, 7) is 6.20. The van der Waals surface area contributed by atoms with Gasteiger partial charge >= 0.3 is 0 Å². The van der Waals surface area contributed by atoms with E-state index < -0.39 is 5.91 Å². The highest BCUT2D eigenvalue weighted by atomic mass is 32.2. The zero-order valence-corrected chi connectivity index (χ0v) is 14.1. The van der Waals surface area contributed by atoms with E-state index in [-0.39, 0.29) is 23.8 Å². The number of rotatable bonds is 6. The smallest absolute Gasteiger partial charge is 0.264 e. The van der Waals surface area contributed by atoms with Crippen LogP contribution in [0.25, 0.3) is 0 Å². The molecule has 1 aromatic rings. The molecule has 0 aliphatic carbocycles. The lowest BCUT2D eigenvalue weighted by molar-refractivity contribution is -0.116. The molecule has 124 valence electrons. The first-order valence-corrected chi connectivity index (χ1v) is 8.33. The fourth-order valence-corrected chi connectivity index (χ4v) is 3.13. The average molecular weight is 343 g/mol. The molecule has 0 radical (unpaired) electrons.